The Balaban J connectivity index is 1.23. The van der Waals surface area contributed by atoms with Crippen LogP contribution in [-0.2, 0) is 20.8 Å². The van der Waals surface area contributed by atoms with Crippen LogP contribution in [0.4, 0.5) is 11.4 Å². The molecular formula is C28H29N3O4. The Morgan fingerprint density at radius 3 is 2.40 bits per heavy atom. The van der Waals surface area contributed by atoms with E-state index in [1.165, 1.54) is 0 Å². The van der Waals surface area contributed by atoms with E-state index in [1.807, 2.05) is 61.5 Å². The maximum absolute atomic E-state index is 12.6. The third-order valence-corrected chi connectivity index (χ3v) is 5.91. The first-order valence-electron chi connectivity index (χ1n) is 11.7. The van der Waals surface area contributed by atoms with Crippen molar-refractivity contribution in [2.45, 2.75) is 19.8 Å². The van der Waals surface area contributed by atoms with Gasteiger partial charge in [0.2, 0.25) is 11.8 Å². The highest BCUT2D eigenvalue weighted by atomic mass is 16.5. The number of anilines is 2. The van der Waals surface area contributed by atoms with Crippen molar-refractivity contribution in [3.05, 3.63) is 90.0 Å². The van der Waals surface area contributed by atoms with Gasteiger partial charge in [-0.05, 0) is 55.3 Å². The van der Waals surface area contributed by atoms with Crippen LogP contribution in [0.15, 0.2) is 78.9 Å². The number of carbonyl (C=O) groups is 3. The fourth-order valence-electron chi connectivity index (χ4n) is 3.96. The summed E-state index contributed by atoms with van der Waals surface area (Å²) < 4.78 is 5.57. The molecule has 1 fully saturated rings. The molecule has 35 heavy (non-hydrogen) atoms. The van der Waals surface area contributed by atoms with Crippen molar-refractivity contribution < 1.29 is 19.1 Å². The van der Waals surface area contributed by atoms with Gasteiger partial charge in [0, 0.05) is 30.9 Å². The van der Waals surface area contributed by atoms with Gasteiger partial charge in [-0.1, -0.05) is 48.0 Å². The van der Waals surface area contributed by atoms with Crippen molar-refractivity contribution in [2.75, 3.05) is 29.9 Å². The molecule has 2 N–H and O–H groups in total. The molecular weight excluding hydrogens is 442 g/mol. The van der Waals surface area contributed by atoms with Gasteiger partial charge in [-0.3, -0.25) is 14.4 Å². The van der Waals surface area contributed by atoms with Gasteiger partial charge in [-0.15, -0.1) is 0 Å². The minimum absolute atomic E-state index is 0.0839. The van der Waals surface area contributed by atoms with Gasteiger partial charge in [0.25, 0.3) is 5.91 Å². The van der Waals surface area contributed by atoms with E-state index in [0.29, 0.717) is 30.2 Å². The summed E-state index contributed by atoms with van der Waals surface area (Å²) in [5.41, 5.74) is 3.69. The highest BCUT2D eigenvalue weighted by molar-refractivity contribution is 6.00. The standard InChI is InChI=1S/C28H29N3O4/c1-20-7-9-23(10-8-20)30-26(32)19-35-25-13-11-24(12-14-25)31-18-22(17-27(31)33)28(34)29-16-15-21-5-3-2-4-6-21/h2-14,22H,15-19H2,1H3,(H,29,34)(H,30,32)/t22-/m1/s1. The van der Waals surface area contributed by atoms with Crippen LogP contribution in [-0.4, -0.2) is 37.4 Å². The van der Waals surface area contributed by atoms with Crippen LogP contribution in [0.25, 0.3) is 0 Å². The first-order valence-corrected chi connectivity index (χ1v) is 11.7. The van der Waals surface area contributed by atoms with Crippen LogP contribution in [0.1, 0.15) is 17.5 Å². The summed E-state index contributed by atoms with van der Waals surface area (Å²) in [5.74, 6) is -0.293. The van der Waals surface area contributed by atoms with E-state index < -0.39 is 0 Å². The van der Waals surface area contributed by atoms with Crippen LogP contribution in [0.2, 0.25) is 0 Å². The van der Waals surface area contributed by atoms with Crippen molar-refractivity contribution in [2.24, 2.45) is 5.92 Å². The number of nitrogens with zero attached hydrogens (tertiary/aromatic N) is 1. The van der Waals surface area contributed by atoms with Crippen LogP contribution in [0.5, 0.6) is 5.75 Å². The molecule has 1 aliphatic heterocycles. The average molecular weight is 472 g/mol. The molecule has 0 aliphatic carbocycles. The third-order valence-electron chi connectivity index (χ3n) is 5.91. The van der Waals surface area contributed by atoms with E-state index in [0.717, 1.165) is 17.5 Å². The van der Waals surface area contributed by atoms with Gasteiger partial charge in [-0.2, -0.15) is 0 Å². The topological polar surface area (TPSA) is 87.7 Å². The highest BCUT2D eigenvalue weighted by Gasteiger charge is 2.34. The van der Waals surface area contributed by atoms with E-state index in [2.05, 4.69) is 10.6 Å². The van der Waals surface area contributed by atoms with E-state index in [4.69, 9.17) is 4.74 Å². The Hall–Kier alpha value is -4.13. The molecule has 0 aromatic heterocycles. The monoisotopic (exact) mass is 471 g/mol. The predicted molar refractivity (Wildman–Crippen MR) is 135 cm³/mol. The maximum Gasteiger partial charge on any atom is 0.262 e. The van der Waals surface area contributed by atoms with Crippen molar-refractivity contribution in [3.63, 3.8) is 0 Å². The molecule has 0 unspecified atom stereocenters. The molecule has 0 spiro atoms. The van der Waals surface area contributed by atoms with Crippen LogP contribution >= 0.6 is 0 Å². The second kappa shape index (κ2) is 11.3. The van der Waals surface area contributed by atoms with E-state index >= 15 is 0 Å². The van der Waals surface area contributed by atoms with Gasteiger partial charge in [0.05, 0.1) is 5.92 Å². The molecule has 3 aromatic rings. The molecule has 7 nitrogen and oxygen atoms in total. The van der Waals surface area contributed by atoms with Gasteiger partial charge >= 0.3 is 0 Å². The van der Waals surface area contributed by atoms with Crippen molar-refractivity contribution in [3.8, 4) is 5.75 Å². The number of hydrogen-bond donors (Lipinski definition) is 2. The SMILES string of the molecule is Cc1ccc(NC(=O)COc2ccc(N3C[C@H](C(=O)NCCc4ccccc4)CC3=O)cc2)cc1. The highest BCUT2D eigenvalue weighted by Crippen LogP contribution is 2.27. The molecule has 1 aliphatic rings. The van der Waals surface area contributed by atoms with E-state index in [1.54, 1.807) is 29.2 Å². The number of rotatable bonds is 9. The smallest absolute Gasteiger partial charge is 0.262 e. The minimum Gasteiger partial charge on any atom is -0.484 e. The molecule has 4 rings (SSSR count). The second-order valence-corrected chi connectivity index (χ2v) is 8.63. The summed E-state index contributed by atoms with van der Waals surface area (Å²) in [6.07, 6.45) is 0.941. The first kappa shape index (κ1) is 24.0. The van der Waals surface area contributed by atoms with Gasteiger partial charge in [-0.25, -0.2) is 0 Å². The Morgan fingerprint density at radius 1 is 0.971 bits per heavy atom. The minimum atomic E-state index is -0.375. The molecule has 1 atom stereocenters. The lowest BCUT2D eigenvalue weighted by atomic mass is 10.1. The quantitative estimate of drug-likeness (QED) is 0.498. The zero-order chi connectivity index (χ0) is 24.6. The fourth-order valence-corrected chi connectivity index (χ4v) is 3.96. The normalized spacial score (nSPS) is 15.1. The fraction of sp³-hybridized carbons (Fsp3) is 0.250. The molecule has 1 saturated heterocycles. The van der Waals surface area contributed by atoms with Crippen molar-refractivity contribution >= 4 is 29.1 Å². The molecule has 0 saturated carbocycles. The molecule has 1 heterocycles. The lowest BCUT2D eigenvalue weighted by Gasteiger charge is -2.17. The number of ether oxygens (including phenoxy) is 1. The Labute approximate surface area is 205 Å². The zero-order valence-electron chi connectivity index (χ0n) is 19.7. The average Bonchev–Trinajstić information content (AvgIpc) is 3.27. The number of nitrogens with one attached hydrogen (secondary N) is 2. The summed E-state index contributed by atoms with van der Waals surface area (Å²) >= 11 is 0. The second-order valence-electron chi connectivity index (χ2n) is 8.63. The van der Waals surface area contributed by atoms with Crippen molar-refractivity contribution in [1.82, 2.24) is 5.32 Å². The molecule has 3 aromatic carbocycles. The maximum atomic E-state index is 12.6. The van der Waals surface area contributed by atoms with Gasteiger partial charge in [0.15, 0.2) is 6.61 Å². The third kappa shape index (κ3) is 6.69. The molecule has 180 valence electrons. The van der Waals surface area contributed by atoms with Gasteiger partial charge in [0.1, 0.15) is 5.75 Å². The molecule has 0 radical (unpaired) electrons. The number of aryl methyl sites for hydroxylation is 1. The summed E-state index contributed by atoms with van der Waals surface area (Å²) in [4.78, 5) is 38.8. The predicted octanol–water partition coefficient (Wildman–Crippen LogP) is 3.72. The van der Waals surface area contributed by atoms with Crippen molar-refractivity contribution in [1.29, 1.82) is 0 Å². The van der Waals surface area contributed by atoms with Crippen LogP contribution in [0, 0.1) is 12.8 Å². The van der Waals surface area contributed by atoms with Gasteiger partial charge < -0.3 is 20.3 Å². The molecule has 3 amide bonds. The Morgan fingerprint density at radius 2 is 1.69 bits per heavy atom. The lowest BCUT2D eigenvalue weighted by molar-refractivity contribution is -0.126. The lowest BCUT2D eigenvalue weighted by Crippen LogP contribution is -2.34. The molecule has 7 heteroatoms. The largest absolute Gasteiger partial charge is 0.484 e. The summed E-state index contributed by atoms with van der Waals surface area (Å²) in [5, 5.41) is 5.73. The number of benzene rings is 3. The Bertz CT molecular complexity index is 1160. The summed E-state index contributed by atoms with van der Waals surface area (Å²) in [6, 6.07) is 24.4. The summed E-state index contributed by atoms with van der Waals surface area (Å²) in [6.45, 7) is 2.74. The zero-order valence-corrected chi connectivity index (χ0v) is 19.7. The van der Waals surface area contributed by atoms with Crippen LogP contribution < -0.4 is 20.3 Å². The number of hydrogen-bond acceptors (Lipinski definition) is 4. The van der Waals surface area contributed by atoms with E-state index in [9.17, 15) is 14.4 Å². The number of amides is 3. The first-order chi connectivity index (χ1) is 17.0. The van der Waals surface area contributed by atoms with E-state index in [-0.39, 0.29) is 36.7 Å². The Kier molecular flexibility index (Phi) is 7.77. The van der Waals surface area contributed by atoms with Crippen LogP contribution in [0.3, 0.4) is 0 Å². The number of carbonyl (C=O) groups excluding carboxylic acids is 3. The summed E-state index contributed by atoms with van der Waals surface area (Å²) in [7, 11) is 0. The molecule has 0 bridgehead atoms.